The molecule has 2 amide bonds. The van der Waals surface area contributed by atoms with Gasteiger partial charge in [0.05, 0.1) is 0 Å². The van der Waals surface area contributed by atoms with E-state index in [2.05, 4.69) is 5.32 Å². The molecule has 6 heteroatoms. The lowest BCUT2D eigenvalue weighted by atomic mass is 10.2. The van der Waals surface area contributed by atoms with Crippen LogP contribution >= 0.6 is 11.8 Å². The fourth-order valence-corrected chi connectivity index (χ4v) is 2.81. The Kier molecular flexibility index (Phi) is 5.45. The van der Waals surface area contributed by atoms with Crippen molar-refractivity contribution in [2.45, 2.75) is 25.0 Å². The maximum absolute atomic E-state index is 11.6. The maximum atomic E-state index is 11.6. The van der Waals surface area contributed by atoms with E-state index in [1.165, 1.54) is 11.3 Å². The molecule has 1 fully saturated rings. The third-order valence-corrected chi connectivity index (χ3v) is 3.90. The molecule has 0 aromatic heterocycles. The molecule has 0 bridgehead atoms. The lowest BCUT2D eigenvalue weighted by molar-refractivity contribution is -0.137. The van der Waals surface area contributed by atoms with E-state index in [-0.39, 0.29) is 12.6 Å². The van der Waals surface area contributed by atoms with Crippen LogP contribution in [-0.2, 0) is 4.79 Å². The van der Waals surface area contributed by atoms with Gasteiger partial charge < -0.3 is 15.3 Å². The zero-order valence-electron chi connectivity index (χ0n) is 9.44. The molecule has 1 atom stereocenters. The number of nitrogens with one attached hydrogen (secondary N) is 1. The first-order valence-corrected chi connectivity index (χ1v) is 6.54. The molecule has 0 spiro atoms. The zero-order chi connectivity index (χ0) is 12.0. The SMILES string of the molecule is CCN(CC(=O)O)C(=O)NCC1CCCS1. The summed E-state index contributed by atoms with van der Waals surface area (Å²) in [5.74, 6) is 0.180. The Labute approximate surface area is 99.6 Å². The molecule has 2 N–H and O–H groups in total. The van der Waals surface area contributed by atoms with Crippen molar-refractivity contribution >= 4 is 23.8 Å². The first-order valence-electron chi connectivity index (χ1n) is 5.49. The Bertz CT molecular complexity index is 254. The van der Waals surface area contributed by atoms with Gasteiger partial charge in [-0.05, 0) is 25.5 Å². The number of urea groups is 1. The van der Waals surface area contributed by atoms with Gasteiger partial charge in [-0.3, -0.25) is 4.79 Å². The minimum atomic E-state index is -0.979. The van der Waals surface area contributed by atoms with E-state index in [1.54, 1.807) is 6.92 Å². The summed E-state index contributed by atoms with van der Waals surface area (Å²) in [7, 11) is 0. The Balaban J connectivity index is 2.28. The first kappa shape index (κ1) is 13.2. The van der Waals surface area contributed by atoms with E-state index in [9.17, 15) is 9.59 Å². The quantitative estimate of drug-likeness (QED) is 0.759. The van der Waals surface area contributed by atoms with E-state index in [1.807, 2.05) is 11.8 Å². The van der Waals surface area contributed by atoms with Crippen molar-refractivity contribution in [2.24, 2.45) is 0 Å². The molecule has 16 heavy (non-hydrogen) atoms. The Hall–Kier alpha value is -0.910. The number of nitrogens with zero attached hydrogens (tertiary/aromatic N) is 1. The van der Waals surface area contributed by atoms with Crippen molar-refractivity contribution in [3.63, 3.8) is 0 Å². The number of hydrogen-bond acceptors (Lipinski definition) is 3. The largest absolute Gasteiger partial charge is 0.480 e. The molecule has 1 saturated heterocycles. The molecule has 0 saturated carbocycles. The van der Waals surface area contributed by atoms with Gasteiger partial charge in [0.2, 0.25) is 0 Å². The number of rotatable bonds is 5. The number of hydrogen-bond donors (Lipinski definition) is 2. The summed E-state index contributed by atoms with van der Waals surface area (Å²) in [6, 6.07) is -0.280. The van der Waals surface area contributed by atoms with E-state index in [4.69, 9.17) is 5.11 Å². The second-order valence-electron chi connectivity index (χ2n) is 3.73. The summed E-state index contributed by atoms with van der Waals surface area (Å²) in [5, 5.41) is 11.9. The number of carbonyl (C=O) groups is 2. The fraction of sp³-hybridized carbons (Fsp3) is 0.800. The maximum Gasteiger partial charge on any atom is 0.323 e. The smallest absolute Gasteiger partial charge is 0.323 e. The molecule has 1 aliphatic heterocycles. The molecule has 1 unspecified atom stereocenters. The first-order chi connectivity index (χ1) is 7.63. The van der Waals surface area contributed by atoms with Crippen molar-refractivity contribution < 1.29 is 14.7 Å². The van der Waals surface area contributed by atoms with E-state index < -0.39 is 5.97 Å². The van der Waals surface area contributed by atoms with Gasteiger partial charge in [-0.2, -0.15) is 11.8 Å². The highest BCUT2D eigenvalue weighted by molar-refractivity contribution is 8.00. The summed E-state index contributed by atoms with van der Waals surface area (Å²) >= 11 is 1.87. The van der Waals surface area contributed by atoms with Gasteiger partial charge in [-0.25, -0.2) is 4.79 Å². The van der Waals surface area contributed by atoms with E-state index in [0.717, 1.165) is 12.2 Å². The standard InChI is InChI=1S/C10H18N2O3S/c1-2-12(7-9(13)14)10(15)11-6-8-4-3-5-16-8/h8H,2-7H2,1H3,(H,11,15)(H,13,14). The van der Waals surface area contributed by atoms with Gasteiger partial charge in [0.15, 0.2) is 0 Å². The lowest BCUT2D eigenvalue weighted by Crippen LogP contribution is -2.44. The molecule has 0 aliphatic carbocycles. The second kappa shape index (κ2) is 6.62. The minimum absolute atomic E-state index is 0.236. The molecule has 5 nitrogen and oxygen atoms in total. The van der Waals surface area contributed by atoms with Crippen LogP contribution in [-0.4, -0.2) is 52.6 Å². The Morgan fingerprint density at radius 3 is 2.81 bits per heavy atom. The van der Waals surface area contributed by atoms with Crippen LogP contribution in [0.5, 0.6) is 0 Å². The van der Waals surface area contributed by atoms with E-state index >= 15 is 0 Å². The van der Waals surface area contributed by atoms with Crippen LogP contribution < -0.4 is 5.32 Å². The van der Waals surface area contributed by atoms with Crippen molar-refractivity contribution in [1.29, 1.82) is 0 Å². The van der Waals surface area contributed by atoms with Crippen molar-refractivity contribution in [3.8, 4) is 0 Å². The highest BCUT2D eigenvalue weighted by Crippen LogP contribution is 2.25. The van der Waals surface area contributed by atoms with Gasteiger partial charge in [0.1, 0.15) is 6.54 Å². The van der Waals surface area contributed by atoms with E-state index in [0.29, 0.717) is 18.3 Å². The summed E-state index contributed by atoms with van der Waals surface area (Å²) in [6.07, 6.45) is 2.34. The van der Waals surface area contributed by atoms with Gasteiger partial charge in [0, 0.05) is 18.3 Å². The highest BCUT2D eigenvalue weighted by Gasteiger charge is 2.19. The van der Waals surface area contributed by atoms with Gasteiger partial charge in [0.25, 0.3) is 0 Å². The summed E-state index contributed by atoms with van der Waals surface area (Å²) in [4.78, 5) is 23.4. The molecule has 0 aromatic carbocycles. The number of amides is 2. The average molecular weight is 246 g/mol. The molecule has 0 radical (unpaired) electrons. The predicted octanol–water partition coefficient (Wildman–Crippen LogP) is 0.998. The average Bonchev–Trinajstić information content (AvgIpc) is 2.75. The normalized spacial score (nSPS) is 19.4. The Morgan fingerprint density at radius 2 is 2.31 bits per heavy atom. The minimum Gasteiger partial charge on any atom is -0.480 e. The van der Waals surface area contributed by atoms with Crippen LogP contribution in [0.3, 0.4) is 0 Å². The van der Waals surface area contributed by atoms with Crippen molar-refractivity contribution in [3.05, 3.63) is 0 Å². The monoisotopic (exact) mass is 246 g/mol. The number of likely N-dealkylation sites (N-methyl/N-ethyl adjacent to an activating group) is 1. The van der Waals surface area contributed by atoms with Gasteiger partial charge >= 0.3 is 12.0 Å². The van der Waals surface area contributed by atoms with Crippen LogP contribution in [0.25, 0.3) is 0 Å². The summed E-state index contributed by atoms with van der Waals surface area (Å²) < 4.78 is 0. The van der Waals surface area contributed by atoms with Crippen LogP contribution in [0.4, 0.5) is 4.79 Å². The summed E-state index contributed by atoms with van der Waals surface area (Å²) in [6.45, 7) is 2.59. The molecule has 0 aromatic rings. The number of carboxylic acid groups (broad SMARTS) is 1. The van der Waals surface area contributed by atoms with Gasteiger partial charge in [-0.15, -0.1) is 0 Å². The molecule has 1 aliphatic rings. The number of carboxylic acids is 1. The molecular weight excluding hydrogens is 228 g/mol. The Morgan fingerprint density at radius 1 is 1.56 bits per heavy atom. The van der Waals surface area contributed by atoms with Crippen LogP contribution in [0.2, 0.25) is 0 Å². The van der Waals surface area contributed by atoms with Crippen molar-refractivity contribution in [1.82, 2.24) is 10.2 Å². The molecule has 1 heterocycles. The lowest BCUT2D eigenvalue weighted by Gasteiger charge is -2.20. The predicted molar refractivity (Wildman–Crippen MR) is 63.8 cm³/mol. The number of aliphatic carboxylic acids is 1. The molecular formula is C10H18N2O3S. The van der Waals surface area contributed by atoms with Crippen LogP contribution in [0.15, 0.2) is 0 Å². The molecule has 1 rings (SSSR count). The summed E-state index contributed by atoms with van der Waals surface area (Å²) in [5.41, 5.74) is 0. The number of thioether (sulfide) groups is 1. The third-order valence-electron chi connectivity index (χ3n) is 2.50. The van der Waals surface area contributed by atoms with Crippen molar-refractivity contribution in [2.75, 3.05) is 25.4 Å². The van der Waals surface area contributed by atoms with Crippen LogP contribution in [0.1, 0.15) is 19.8 Å². The highest BCUT2D eigenvalue weighted by atomic mass is 32.2. The number of carbonyl (C=O) groups excluding carboxylic acids is 1. The van der Waals surface area contributed by atoms with Gasteiger partial charge in [-0.1, -0.05) is 0 Å². The fourth-order valence-electron chi connectivity index (χ4n) is 1.61. The van der Waals surface area contributed by atoms with Crippen LogP contribution in [0, 0.1) is 0 Å². The third kappa shape index (κ3) is 4.30. The topological polar surface area (TPSA) is 69.6 Å². The second-order valence-corrected chi connectivity index (χ2v) is 5.14. The zero-order valence-corrected chi connectivity index (χ0v) is 10.3. The molecule has 92 valence electrons.